The number of hydrogen-bond donors (Lipinski definition) is 2. The molecule has 0 aliphatic carbocycles. The molecular formula is C17H26N2O2. The zero-order valence-electron chi connectivity index (χ0n) is 12.6. The minimum absolute atomic E-state index is 0.159. The third kappa shape index (κ3) is 5.05. The van der Waals surface area contributed by atoms with Gasteiger partial charge < -0.3 is 15.8 Å². The van der Waals surface area contributed by atoms with Crippen LogP contribution in [0.3, 0.4) is 0 Å². The number of amides is 1. The maximum Gasteiger partial charge on any atom is 0.220 e. The van der Waals surface area contributed by atoms with Gasteiger partial charge in [-0.3, -0.25) is 4.79 Å². The SMILES string of the molecule is NCCCCCCC(=O)NCC1CCOc2ccccc21. The smallest absolute Gasteiger partial charge is 0.220 e. The molecule has 1 atom stereocenters. The van der Waals surface area contributed by atoms with Crippen molar-refractivity contribution in [2.45, 2.75) is 44.4 Å². The molecule has 1 aromatic rings. The maximum absolute atomic E-state index is 11.9. The minimum atomic E-state index is 0.159. The lowest BCUT2D eigenvalue weighted by Crippen LogP contribution is -2.30. The van der Waals surface area contributed by atoms with Gasteiger partial charge in [-0.1, -0.05) is 31.0 Å². The number of hydrogen-bond acceptors (Lipinski definition) is 3. The molecule has 4 nitrogen and oxygen atoms in total. The number of nitrogens with one attached hydrogen (secondary N) is 1. The first-order valence-corrected chi connectivity index (χ1v) is 7.99. The molecule has 116 valence electrons. The second-order valence-electron chi connectivity index (χ2n) is 5.63. The lowest BCUT2D eigenvalue weighted by Gasteiger charge is -2.26. The summed E-state index contributed by atoms with van der Waals surface area (Å²) >= 11 is 0. The molecule has 0 aromatic heterocycles. The Morgan fingerprint density at radius 2 is 2.05 bits per heavy atom. The van der Waals surface area contributed by atoms with Gasteiger partial charge in [0.15, 0.2) is 0 Å². The van der Waals surface area contributed by atoms with E-state index in [9.17, 15) is 4.79 Å². The average Bonchev–Trinajstić information content (AvgIpc) is 2.52. The second-order valence-corrected chi connectivity index (χ2v) is 5.63. The van der Waals surface area contributed by atoms with Crippen molar-refractivity contribution in [1.29, 1.82) is 0 Å². The third-order valence-corrected chi connectivity index (χ3v) is 3.99. The number of rotatable bonds is 8. The number of nitrogens with two attached hydrogens (primary N) is 1. The molecule has 4 heteroatoms. The van der Waals surface area contributed by atoms with Gasteiger partial charge in [0, 0.05) is 18.9 Å². The van der Waals surface area contributed by atoms with E-state index in [1.54, 1.807) is 0 Å². The molecular weight excluding hydrogens is 264 g/mol. The Morgan fingerprint density at radius 1 is 1.24 bits per heavy atom. The monoisotopic (exact) mass is 290 g/mol. The van der Waals surface area contributed by atoms with Crippen molar-refractivity contribution < 1.29 is 9.53 Å². The second kappa shape index (κ2) is 8.67. The molecule has 3 N–H and O–H groups in total. The molecule has 21 heavy (non-hydrogen) atoms. The van der Waals surface area contributed by atoms with Gasteiger partial charge >= 0.3 is 0 Å². The highest BCUT2D eigenvalue weighted by Gasteiger charge is 2.21. The molecule has 1 aliphatic heterocycles. The molecule has 2 rings (SSSR count). The highest BCUT2D eigenvalue weighted by molar-refractivity contribution is 5.75. The largest absolute Gasteiger partial charge is 0.493 e. The lowest BCUT2D eigenvalue weighted by molar-refractivity contribution is -0.121. The Kier molecular flexibility index (Phi) is 6.54. The first-order valence-electron chi connectivity index (χ1n) is 7.99. The number of fused-ring (bicyclic) bond motifs is 1. The number of ether oxygens (including phenoxy) is 1. The Morgan fingerprint density at radius 3 is 2.90 bits per heavy atom. The van der Waals surface area contributed by atoms with E-state index in [1.165, 1.54) is 5.56 Å². The van der Waals surface area contributed by atoms with Gasteiger partial charge in [-0.05, 0) is 37.4 Å². The van der Waals surface area contributed by atoms with Gasteiger partial charge in [-0.25, -0.2) is 0 Å². The van der Waals surface area contributed by atoms with Crippen molar-refractivity contribution in [3.05, 3.63) is 29.8 Å². The zero-order valence-corrected chi connectivity index (χ0v) is 12.6. The highest BCUT2D eigenvalue weighted by Crippen LogP contribution is 2.32. The molecule has 1 amide bonds. The Labute approximate surface area is 127 Å². The summed E-state index contributed by atoms with van der Waals surface area (Å²) in [4.78, 5) is 11.9. The van der Waals surface area contributed by atoms with Gasteiger partial charge in [0.1, 0.15) is 5.75 Å². The Balaban J connectivity index is 1.70. The molecule has 0 saturated heterocycles. The molecule has 1 unspecified atom stereocenters. The van der Waals surface area contributed by atoms with E-state index in [1.807, 2.05) is 18.2 Å². The van der Waals surface area contributed by atoms with E-state index >= 15 is 0 Å². The molecule has 0 spiro atoms. The molecule has 0 radical (unpaired) electrons. The quantitative estimate of drug-likeness (QED) is 0.723. The molecule has 1 aromatic carbocycles. The van der Waals surface area contributed by atoms with Crippen molar-refractivity contribution in [2.75, 3.05) is 19.7 Å². The minimum Gasteiger partial charge on any atom is -0.493 e. The third-order valence-electron chi connectivity index (χ3n) is 3.99. The van der Waals surface area contributed by atoms with Crippen LogP contribution in [0.1, 0.15) is 50.0 Å². The summed E-state index contributed by atoms with van der Waals surface area (Å²) < 4.78 is 5.64. The topological polar surface area (TPSA) is 64.4 Å². The number of unbranched alkanes of at least 4 members (excludes halogenated alkanes) is 3. The van der Waals surface area contributed by atoms with Gasteiger partial charge in [-0.15, -0.1) is 0 Å². The van der Waals surface area contributed by atoms with Gasteiger partial charge in [-0.2, -0.15) is 0 Å². The van der Waals surface area contributed by atoms with E-state index in [0.29, 0.717) is 18.9 Å². The predicted molar refractivity (Wildman–Crippen MR) is 84.4 cm³/mol. The van der Waals surface area contributed by atoms with E-state index in [-0.39, 0.29) is 5.91 Å². The van der Waals surface area contributed by atoms with Crippen molar-refractivity contribution in [2.24, 2.45) is 5.73 Å². The number of carbonyl (C=O) groups excluding carboxylic acids is 1. The number of para-hydroxylation sites is 1. The Bertz CT molecular complexity index is 448. The summed E-state index contributed by atoms with van der Waals surface area (Å²) in [5.74, 6) is 1.49. The van der Waals surface area contributed by atoms with Crippen LogP contribution in [0.25, 0.3) is 0 Å². The molecule has 0 saturated carbocycles. The predicted octanol–water partition coefficient (Wildman–Crippen LogP) is 2.58. The van der Waals surface area contributed by atoms with Crippen molar-refractivity contribution in [1.82, 2.24) is 5.32 Å². The maximum atomic E-state index is 11.9. The van der Waals surface area contributed by atoms with E-state index in [2.05, 4.69) is 11.4 Å². The average molecular weight is 290 g/mol. The first-order chi connectivity index (χ1) is 10.3. The van der Waals surface area contributed by atoms with Crippen molar-refractivity contribution >= 4 is 5.91 Å². The van der Waals surface area contributed by atoms with Crippen molar-refractivity contribution in [3.63, 3.8) is 0 Å². The summed E-state index contributed by atoms with van der Waals surface area (Å²) in [6.45, 7) is 2.19. The summed E-state index contributed by atoms with van der Waals surface area (Å²) in [6, 6.07) is 8.11. The molecule has 1 heterocycles. The standard InChI is InChI=1S/C17H26N2O2/c18-11-6-2-1-3-9-17(20)19-13-14-10-12-21-16-8-5-4-7-15(14)16/h4-5,7-8,14H,1-3,6,9-13,18H2,(H,19,20). The molecule has 0 fully saturated rings. The van der Waals surface area contributed by atoms with Crippen LogP contribution in [0.2, 0.25) is 0 Å². The van der Waals surface area contributed by atoms with E-state index < -0.39 is 0 Å². The van der Waals surface area contributed by atoms with Crippen LogP contribution in [-0.4, -0.2) is 25.6 Å². The molecule has 1 aliphatic rings. The summed E-state index contributed by atoms with van der Waals surface area (Å²) in [5.41, 5.74) is 6.67. The van der Waals surface area contributed by atoms with Gasteiger partial charge in [0.05, 0.1) is 6.61 Å². The fourth-order valence-corrected chi connectivity index (χ4v) is 2.74. The normalized spacial score (nSPS) is 16.9. The fraction of sp³-hybridized carbons (Fsp3) is 0.588. The van der Waals surface area contributed by atoms with Crippen LogP contribution in [0.5, 0.6) is 5.75 Å². The number of carbonyl (C=O) groups is 1. The van der Waals surface area contributed by atoms with Crippen LogP contribution < -0.4 is 15.8 Å². The molecule has 0 bridgehead atoms. The zero-order chi connectivity index (χ0) is 14.9. The summed E-state index contributed by atoms with van der Waals surface area (Å²) in [6.07, 6.45) is 5.81. The number of benzene rings is 1. The van der Waals surface area contributed by atoms with E-state index in [0.717, 1.165) is 51.0 Å². The van der Waals surface area contributed by atoms with Crippen LogP contribution in [0.15, 0.2) is 24.3 Å². The van der Waals surface area contributed by atoms with Crippen LogP contribution in [-0.2, 0) is 4.79 Å². The van der Waals surface area contributed by atoms with Crippen LogP contribution >= 0.6 is 0 Å². The summed E-state index contributed by atoms with van der Waals surface area (Å²) in [7, 11) is 0. The first kappa shape index (κ1) is 15.8. The summed E-state index contributed by atoms with van der Waals surface area (Å²) in [5, 5.41) is 3.06. The fourth-order valence-electron chi connectivity index (χ4n) is 2.74. The van der Waals surface area contributed by atoms with Crippen molar-refractivity contribution in [3.8, 4) is 5.75 Å². The Hall–Kier alpha value is -1.55. The van der Waals surface area contributed by atoms with Gasteiger partial charge in [0.25, 0.3) is 0 Å². The van der Waals surface area contributed by atoms with Crippen LogP contribution in [0, 0.1) is 0 Å². The van der Waals surface area contributed by atoms with Gasteiger partial charge in [0.2, 0.25) is 5.91 Å². The van der Waals surface area contributed by atoms with Crippen LogP contribution in [0.4, 0.5) is 0 Å². The lowest BCUT2D eigenvalue weighted by atomic mass is 9.93. The van der Waals surface area contributed by atoms with E-state index in [4.69, 9.17) is 10.5 Å². The highest BCUT2D eigenvalue weighted by atomic mass is 16.5.